The van der Waals surface area contributed by atoms with Crippen LogP contribution < -0.4 is 20.7 Å². The van der Waals surface area contributed by atoms with Gasteiger partial charge in [0.1, 0.15) is 17.6 Å². The molecule has 1 unspecified atom stereocenters. The lowest BCUT2D eigenvalue weighted by Gasteiger charge is -2.50. The summed E-state index contributed by atoms with van der Waals surface area (Å²) in [7, 11) is -1.14. The molecule has 0 saturated carbocycles. The maximum atomic E-state index is 17.8. The lowest BCUT2D eigenvalue weighted by atomic mass is 9.60. The van der Waals surface area contributed by atoms with E-state index >= 15 is 4.39 Å². The molecule has 1 aliphatic rings. The number of rotatable bonds is 10. The highest BCUT2D eigenvalue weighted by Crippen LogP contribution is 2.61. The normalized spacial score (nSPS) is 24.1. The fourth-order valence-electron chi connectivity index (χ4n) is 6.04. The van der Waals surface area contributed by atoms with Gasteiger partial charge in [-0.25, -0.2) is 9.18 Å². The maximum Gasteiger partial charge on any atom is 0.330 e. The Morgan fingerprint density at radius 2 is 1.45 bits per heavy atom. The SMILES string of the molecule is COc1ccc(C(c2ccccc2)(c2ccc(OC)cc2)[C@@]2(n3ccc(=O)[nH]c3=O)O[C@H](CO)[C@](O)(O[PH](=O)O)[C@H]2F)cc1. The summed E-state index contributed by atoms with van der Waals surface area (Å²) in [5, 5.41) is 22.0. The van der Waals surface area contributed by atoms with Gasteiger partial charge in [-0.1, -0.05) is 54.6 Å². The van der Waals surface area contributed by atoms with Crippen LogP contribution in [0.2, 0.25) is 0 Å². The Labute approximate surface area is 250 Å². The molecule has 232 valence electrons. The minimum absolute atomic E-state index is 0.299. The minimum atomic E-state index is -4.06. The number of halogens is 1. The van der Waals surface area contributed by atoms with Crippen molar-refractivity contribution in [3.05, 3.63) is 129 Å². The summed E-state index contributed by atoms with van der Waals surface area (Å²) in [6.07, 6.45) is -3.89. The highest BCUT2D eigenvalue weighted by atomic mass is 31.1. The zero-order valence-corrected chi connectivity index (χ0v) is 24.5. The second kappa shape index (κ2) is 12.1. The van der Waals surface area contributed by atoms with E-state index in [4.69, 9.17) is 18.7 Å². The van der Waals surface area contributed by atoms with Crippen LogP contribution in [-0.2, 0) is 25.0 Å². The van der Waals surface area contributed by atoms with Crippen LogP contribution in [-0.4, -0.2) is 63.5 Å². The van der Waals surface area contributed by atoms with Crippen molar-refractivity contribution in [2.45, 2.75) is 29.2 Å². The first-order valence-corrected chi connectivity index (χ1v) is 14.6. The van der Waals surface area contributed by atoms with Crippen molar-refractivity contribution >= 4 is 8.25 Å². The van der Waals surface area contributed by atoms with Crippen LogP contribution in [0.15, 0.2) is 101 Å². The number of alkyl halides is 1. The van der Waals surface area contributed by atoms with Crippen molar-refractivity contribution in [2.75, 3.05) is 20.8 Å². The summed E-state index contributed by atoms with van der Waals surface area (Å²) >= 11 is 0. The molecule has 4 N–H and O–H groups in total. The minimum Gasteiger partial charge on any atom is -0.497 e. The van der Waals surface area contributed by atoms with Gasteiger partial charge in [0.2, 0.25) is 17.7 Å². The van der Waals surface area contributed by atoms with E-state index in [1.807, 2.05) is 0 Å². The van der Waals surface area contributed by atoms with Gasteiger partial charge in [-0.3, -0.25) is 23.4 Å². The predicted molar refractivity (Wildman–Crippen MR) is 156 cm³/mol. The molecule has 44 heavy (non-hydrogen) atoms. The van der Waals surface area contributed by atoms with E-state index in [1.54, 1.807) is 78.9 Å². The molecule has 1 fully saturated rings. The Balaban J connectivity index is 2.04. The van der Waals surface area contributed by atoms with Crippen molar-refractivity contribution in [1.82, 2.24) is 9.55 Å². The molecule has 1 saturated heterocycles. The third-order valence-electron chi connectivity index (χ3n) is 7.88. The smallest absolute Gasteiger partial charge is 0.330 e. The number of methoxy groups -OCH3 is 2. The number of hydrogen-bond acceptors (Lipinski definition) is 9. The van der Waals surface area contributed by atoms with Crippen LogP contribution >= 0.6 is 8.25 Å². The molecule has 0 aliphatic carbocycles. The first-order chi connectivity index (χ1) is 21.1. The van der Waals surface area contributed by atoms with E-state index in [1.165, 1.54) is 14.2 Å². The Bertz CT molecular complexity index is 1700. The van der Waals surface area contributed by atoms with Crippen LogP contribution in [0.25, 0.3) is 0 Å². The molecule has 5 atom stereocenters. The molecule has 14 heteroatoms. The highest BCUT2D eigenvalue weighted by molar-refractivity contribution is 7.32. The number of hydrogen-bond donors (Lipinski definition) is 4. The number of H-pyrrole nitrogens is 1. The molecule has 5 rings (SSSR count). The van der Waals surface area contributed by atoms with E-state index in [0.717, 1.165) is 16.8 Å². The van der Waals surface area contributed by atoms with Gasteiger partial charge in [-0.05, 0) is 41.0 Å². The topological polar surface area (TPSA) is 170 Å². The number of nitrogens with zero attached hydrogens (tertiary/aromatic N) is 1. The summed E-state index contributed by atoms with van der Waals surface area (Å²) in [6, 6.07) is 22.1. The maximum absolute atomic E-state index is 17.8. The van der Waals surface area contributed by atoms with Gasteiger partial charge >= 0.3 is 13.9 Å². The van der Waals surface area contributed by atoms with E-state index in [2.05, 4.69) is 4.98 Å². The Kier molecular flexibility index (Phi) is 8.63. The lowest BCUT2D eigenvalue weighted by molar-refractivity contribution is -0.204. The van der Waals surface area contributed by atoms with E-state index in [-0.39, 0.29) is 0 Å². The van der Waals surface area contributed by atoms with Crippen molar-refractivity contribution in [3.63, 3.8) is 0 Å². The largest absolute Gasteiger partial charge is 0.497 e. The van der Waals surface area contributed by atoms with Crippen molar-refractivity contribution in [2.24, 2.45) is 0 Å². The quantitative estimate of drug-likeness (QED) is 0.116. The molecule has 2 heterocycles. The van der Waals surface area contributed by atoms with Gasteiger partial charge in [0.25, 0.3) is 5.56 Å². The van der Waals surface area contributed by atoms with Crippen molar-refractivity contribution in [3.8, 4) is 11.5 Å². The fraction of sp³-hybridized carbons (Fsp3) is 0.267. The van der Waals surface area contributed by atoms with Crippen LogP contribution in [0.3, 0.4) is 0 Å². The Hall–Kier alpha value is -4.10. The van der Waals surface area contributed by atoms with Crippen LogP contribution in [0.1, 0.15) is 16.7 Å². The Morgan fingerprint density at radius 3 is 1.91 bits per heavy atom. The van der Waals surface area contributed by atoms with Crippen LogP contribution in [0.4, 0.5) is 4.39 Å². The molecule has 1 aliphatic heterocycles. The van der Waals surface area contributed by atoms with Gasteiger partial charge in [-0.15, -0.1) is 0 Å². The molecule has 4 aromatic rings. The lowest BCUT2D eigenvalue weighted by Crippen LogP contribution is -2.64. The number of aromatic nitrogens is 2. The highest BCUT2D eigenvalue weighted by Gasteiger charge is 2.75. The average molecular weight is 629 g/mol. The molecule has 0 bridgehead atoms. The van der Waals surface area contributed by atoms with Crippen LogP contribution in [0.5, 0.6) is 11.5 Å². The zero-order chi connectivity index (χ0) is 31.7. The second-order valence-corrected chi connectivity index (χ2v) is 10.8. The van der Waals surface area contributed by atoms with Gasteiger partial charge < -0.3 is 29.3 Å². The summed E-state index contributed by atoms with van der Waals surface area (Å²) < 4.78 is 52.4. The summed E-state index contributed by atoms with van der Waals surface area (Å²) in [5.74, 6) is -2.37. The number of ether oxygens (including phenoxy) is 3. The number of benzene rings is 3. The third-order valence-corrected chi connectivity index (χ3v) is 8.38. The summed E-state index contributed by atoms with van der Waals surface area (Å²) in [6.45, 7) is -1.10. The van der Waals surface area contributed by atoms with Gasteiger partial charge in [0, 0.05) is 12.3 Å². The number of aliphatic hydroxyl groups excluding tert-OH is 1. The summed E-state index contributed by atoms with van der Waals surface area (Å²) in [4.78, 5) is 37.7. The molecule has 12 nitrogen and oxygen atoms in total. The molecule has 0 radical (unpaired) electrons. The van der Waals surface area contributed by atoms with E-state index in [9.17, 15) is 29.3 Å². The number of aromatic amines is 1. The average Bonchev–Trinajstić information content (AvgIpc) is 3.24. The van der Waals surface area contributed by atoms with Gasteiger partial charge in [0.05, 0.1) is 26.2 Å². The summed E-state index contributed by atoms with van der Waals surface area (Å²) in [5.41, 5.74) is -5.74. The first kappa shape index (κ1) is 31.3. The second-order valence-electron chi connectivity index (χ2n) is 10.0. The fourth-order valence-corrected chi connectivity index (χ4v) is 6.55. The molecular formula is C30H30FN2O10P. The van der Waals surface area contributed by atoms with Gasteiger partial charge in [-0.2, -0.15) is 0 Å². The molecule has 0 spiro atoms. The monoisotopic (exact) mass is 628 g/mol. The van der Waals surface area contributed by atoms with E-state index in [0.29, 0.717) is 28.2 Å². The first-order valence-electron chi connectivity index (χ1n) is 13.3. The molecule has 3 aromatic carbocycles. The van der Waals surface area contributed by atoms with Crippen molar-refractivity contribution < 1.29 is 42.8 Å². The van der Waals surface area contributed by atoms with Gasteiger partial charge in [0.15, 0.2) is 0 Å². The number of aliphatic hydroxyl groups is 2. The third kappa shape index (κ3) is 4.78. The standard InChI is InChI=1S/C30H30FN2O10P/c1-40-22-12-8-20(9-13-22)28(19-6-4-3-5-7-19,21-10-14-23(41-2)15-11-21)30(33-17-16-25(35)32-27(33)36)26(31)29(37,43-44(38)39)24(18-34)42-30/h3-17,24,26,34,37,44H,18H2,1-2H3,(H,38,39)(H,32,35,36)/t24-,26-,29+,30+/m1/s1. The number of nitrogens with one attached hydrogen (secondary N) is 1. The van der Waals surface area contributed by atoms with E-state index < -0.39 is 55.3 Å². The molecule has 1 aromatic heterocycles. The Morgan fingerprint density at radius 1 is 0.932 bits per heavy atom. The predicted octanol–water partition coefficient (Wildman–Crippen LogP) is 2.06. The van der Waals surface area contributed by atoms with Crippen molar-refractivity contribution in [1.29, 1.82) is 0 Å². The molecular weight excluding hydrogens is 598 g/mol. The van der Waals surface area contributed by atoms with Crippen LogP contribution in [0, 0.1) is 0 Å². The molecule has 0 amide bonds. The zero-order valence-electron chi connectivity index (χ0n) is 23.5.